The monoisotopic (exact) mass is 418 g/mol. The van der Waals surface area contributed by atoms with E-state index in [4.69, 9.17) is 0 Å². The van der Waals surface area contributed by atoms with Gasteiger partial charge < -0.3 is 9.80 Å². The first kappa shape index (κ1) is 20.1. The van der Waals surface area contributed by atoms with Gasteiger partial charge in [0.05, 0.1) is 28.9 Å². The summed E-state index contributed by atoms with van der Waals surface area (Å²) in [5, 5.41) is 8.21. The number of carbonyl (C=O) groups excluding carboxylic acids is 1. The van der Waals surface area contributed by atoms with Gasteiger partial charge in [-0.2, -0.15) is 23.4 Å². The quantitative estimate of drug-likeness (QED) is 0.559. The minimum Gasteiger partial charge on any atom is -0.366 e. The molecule has 1 unspecified atom stereocenters. The van der Waals surface area contributed by atoms with Crippen LogP contribution in [0.3, 0.4) is 0 Å². The van der Waals surface area contributed by atoms with Crippen LogP contribution in [0.5, 0.6) is 0 Å². The first-order chi connectivity index (χ1) is 14.3. The zero-order chi connectivity index (χ0) is 21.5. The maximum Gasteiger partial charge on any atom is 0.416 e. The van der Waals surface area contributed by atoms with Crippen LogP contribution in [0.2, 0.25) is 0 Å². The third-order valence-corrected chi connectivity index (χ3v) is 5.39. The van der Waals surface area contributed by atoms with E-state index in [1.165, 1.54) is 30.5 Å². The average Bonchev–Trinajstić information content (AvgIpc) is 3.17. The molecule has 0 saturated carbocycles. The van der Waals surface area contributed by atoms with Crippen molar-refractivity contribution in [1.29, 1.82) is 0 Å². The lowest BCUT2D eigenvalue weighted by Gasteiger charge is -2.36. The van der Waals surface area contributed by atoms with Crippen molar-refractivity contribution in [3.8, 4) is 0 Å². The average molecular weight is 418 g/mol. The van der Waals surface area contributed by atoms with E-state index in [9.17, 15) is 22.4 Å². The molecule has 1 fully saturated rings. The second kappa shape index (κ2) is 7.55. The molecule has 2 aliphatic rings. The van der Waals surface area contributed by atoms with Crippen molar-refractivity contribution in [3.63, 3.8) is 0 Å². The van der Waals surface area contributed by atoms with Gasteiger partial charge in [-0.05, 0) is 29.8 Å². The third-order valence-electron chi connectivity index (χ3n) is 5.39. The molecule has 1 aromatic heterocycles. The maximum absolute atomic E-state index is 14.1. The van der Waals surface area contributed by atoms with Gasteiger partial charge in [-0.25, -0.2) is 4.39 Å². The number of fused-ring (bicyclic) bond motifs is 1. The van der Waals surface area contributed by atoms with Crippen molar-refractivity contribution in [2.45, 2.75) is 12.1 Å². The number of piperazine rings is 1. The van der Waals surface area contributed by atoms with Crippen molar-refractivity contribution in [2.75, 3.05) is 31.1 Å². The molecule has 1 aliphatic heterocycles. The summed E-state index contributed by atoms with van der Waals surface area (Å²) in [4.78, 5) is 15.3. The minimum absolute atomic E-state index is 0.184. The first-order valence-electron chi connectivity index (χ1n) is 9.36. The zero-order valence-electron chi connectivity index (χ0n) is 15.9. The molecule has 9 heteroatoms. The standard InChI is InChI=1S/C21H18F4N4O/c1-2-20(30)29-8-6-28(7-9-29)19-12-26-27-18-11-14(13-4-3-5-17(13)22)16(10-15(18)19)21(23,24)25/h2-5,10-13H,1,6-9H2. The Hall–Kier alpha value is -3.23. The Morgan fingerprint density at radius 3 is 2.53 bits per heavy atom. The van der Waals surface area contributed by atoms with Crippen LogP contribution in [0, 0.1) is 0 Å². The second-order valence-electron chi connectivity index (χ2n) is 7.11. The van der Waals surface area contributed by atoms with E-state index in [1.807, 2.05) is 4.90 Å². The number of anilines is 1. The lowest BCUT2D eigenvalue weighted by molar-refractivity contribution is -0.138. The molecule has 5 nitrogen and oxygen atoms in total. The number of alkyl halides is 3. The summed E-state index contributed by atoms with van der Waals surface area (Å²) in [6.45, 7) is 5.18. The zero-order valence-corrected chi connectivity index (χ0v) is 15.9. The Morgan fingerprint density at radius 1 is 1.20 bits per heavy atom. The highest BCUT2D eigenvalue weighted by Crippen LogP contribution is 2.43. The van der Waals surface area contributed by atoms with Gasteiger partial charge in [0.2, 0.25) is 5.91 Å². The lowest BCUT2D eigenvalue weighted by atomic mass is 9.92. The highest BCUT2D eigenvalue weighted by Gasteiger charge is 2.37. The van der Waals surface area contributed by atoms with Gasteiger partial charge in [0, 0.05) is 31.6 Å². The Labute approximate surface area is 170 Å². The van der Waals surface area contributed by atoms with E-state index < -0.39 is 23.5 Å². The van der Waals surface area contributed by atoms with Gasteiger partial charge in [0.25, 0.3) is 0 Å². The van der Waals surface area contributed by atoms with Crippen LogP contribution in [-0.2, 0) is 11.0 Å². The predicted molar refractivity (Wildman–Crippen MR) is 105 cm³/mol. The Bertz CT molecular complexity index is 1070. The van der Waals surface area contributed by atoms with E-state index in [0.717, 1.165) is 12.1 Å². The summed E-state index contributed by atoms with van der Waals surface area (Å²) in [6.07, 6.45) is 1.94. The van der Waals surface area contributed by atoms with E-state index in [0.29, 0.717) is 31.9 Å². The van der Waals surface area contributed by atoms with Gasteiger partial charge in [-0.15, -0.1) is 0 Å². The highest BCUT2D eigenvalue weighted by atomic mass is 19.4. The SMILES string of the molecule is C=CC(=O)N1CCN(c2cnnc3cc(C4C=CC=C4F)c(C(F)(F)F)cc23)CC1. The molecule has 2 aromatic rings. The van der Waals surface area contributed by atoms with E-state index in [2.05, 4.69) is 16.8 Å². The number of allylic oxidation sites excluding steroid dienone is 4. The number of nitrogens with zero attached hydrogens (tertiary/aromatic N) is 4. The van der Waals surface area contributed by atoms with E-state index in [-0.39, 0.29) is 22.4 Å². The van der Waals surface area contributed by atoms with Crippen LogP contribution in [-0.4, -0.2) is 47.2 Å². The van der Waals surface area contributed by atoms with Crippen molar-refractivity contribution in [3.05, 3.63) is 66.2 Å². The normalized spacial score (nSPS) is 19.3. The fourth-order valence-electron chi connectivity index (χ4n) is 3.87. The molecule has 1 amide bonds. The topological polar surface area (TPSA) is 49.3 Å². The van der Waals surface area contributed by atoms with Crippen LogP contribution in [0.1, 0.15) is 17.0 Å². The predicted octanol–water partition coefficient (Wildman–Crippen LogP) is 3.99. The van der Waals surface area contributed by atoms with Crippen LogP contribution in [0.4, 0.5) is 23.2 Å². The number of carbonyl (C=O) groups is 1. The smallest absolute Gasteiger partial charge is 0.366 e. The molecule has 0 bridgehead atoms. The van der Waals surface area contributed by atoms with E-state index >= 15 is 0 Å². The van der Waals surface area contributed by atoms with Crippen LogP contribution in [0.15, 0.2) is 55.0 Å². The third kappa shape index (κ3) is 3.55. The van der Waals surface area contributed by atoms with E-state index in [1.54, 1.807) is 4.90 Å². The molecule has 2 heterocycles. The Morgan fingerprint density at radius 2 is 1.93 bits per heavy atom. The maximum atomic E-state index is 14.1. The molecule has 1 atom stereocenters. The highest BCUT2D eigenvalue weighted by molar-refractivity contribution is 5.93. The fourth-order valence-corrected chi connectivity index (χ4v) is 3.87. The summed E-state index contributed by atoms with van der Waals surface area (Å²) in [5.41, 5.74) is -0.330. The minimum atomic E-state index is -4.66. The lowest BCUT2D eigenvalue weighted by Crippen LogP contribution is -2.48. The number of benzene rings is 1. The van der Waals surface area contributed by atoms with Crippen molar-refractivity contribution >= 4 is 22.5 Å². The second-order valence-corrected chi connectivity index (χ2v) is 7.11. The fraction of sp³-hybridized carbons (Fsp3) is 0.286. The van der Waals surface area contributed by atoms with Crippen molar-refractivity contribution in [2.24, 2.45) is 0 Å². The molecule has 0 radical (unpaired) electrons. The number of rotatable bonds is 3. The van der Waals surface area contributed by atoms with Gasteiger partial charge >= 0.3 is 6.18 Å². The molecule has 1 aliphatic carbocycles. The van der Waals surface area contributed by atoms with Crippen molar-refractivity contribution in [1.82, 2.24) is 15.1 Å². The molecule has 0 spiro atoms. The molecule has 156 valence electrons. The molecule has 0 N–H and O–H groups in total. The molecular formula is C21H18F4N4O. The van der Waals surface area contributed by atoms with Gasteiger partial charge in [0.1, 0.15) is 5.83 Å². The number of hydrogen-bond acceptors (Lipinski definition) is 4. The van der Waals surface area contributed by atoms with Crippen LogP contribution in [0.25, 0.3) is 10.9 Å². The molecule has 4 rings (SSSR count). The number of halogens is 4. The number of aromatic nitrogens is 2. The summed E-state index contributed by atoms with van der Waals surface area (Å²) < 4.78 is 55.6. The largest absolute Gasteiger partial charge is 0.416 e. The van der Waals surface area contributed by atoms with Gasteiger partial charge in [0.15, 0.2) is 0 Å². The first-order valence-corrected chi connectivity index (χ1v) is 9.36. The number of hydrogen-bond donors (Lipinski definition) is 0. The number of amides is 1. The Kier molecular flexibility index (Phi) is 5.05. The summed E-state index contributed by atoms with van der Waals surface area (Å²) >= 11 is 0. The molecule has 1 saturated heterocycles. The molecule has 1 aromatic carbocycles. The van der Waals surface area contributed by atoms with Crippen LogP contribution < -0.4 is 4.90 Å². The summed E-state index contributed by atoms with van der Waals surface area (Å²) in [7, 11) is 0. The van der Waals surface area contributed by atoms with Gasteiger partial charge in [-0.3, -0.25) is 4.79 Å². The Balaban J connectivity index is 1.76. The summed E-state index contributed by atoms with van der Waals surface area (Å²) in [6, 6.07) is 2.29. The van der Waals surface area contributed by atoms with Crippen LogP contribution >= 0.6 is 0 Å². The molecule has 30 heavy (non-hydrogen) atoms. The summed E-state index contributed by atoms with van der Waals surface area (Å²) in [5.74, 6) is -1.92. The molecular weight excluding hydrogens is 400 g/mol. The van der Waals surface area contributed by atoms with Gasteiger partial charge in [-0.1, -0.05) is 18.7 Å². The van der Waals surface area contributed by atoms with Crippen molar-refractivity contribution < 1.29 is 22.4 Å².